The van der Waals surface area contributed by atoms with E-state index in [2.05, 4.69) is 4.72 Å². The summed E-state index contributed by atoms with van der Waals surface area (Å²) in [5.41, 5.74) is 0.932. The van der Waals surface area contributed by atoms with Crippen molar-refractivity contribution < 1.29 is 13.2 Å². The molecule has 0 unspecified atom stereocenters. The molecule has 0 aliphatic heterocycles. The molecule has 4 nitrogen and oxygen atoms in total. The van der Waals surface area contributed by atoms with Crippen LogP contribution in [0.5, 0.6) is 0 Å². The number of benzene rings is 1. The minimum Gasteiger partial charge on any atom is -0.372 e. The third-order valence-electron chi connectivity index (χ3n) is 3.00. The van der Waals surface area contributed by atoms with Gasteiger partial charge in [0.1, 0.15) is 0 Å². The van der Waals surface area contributed by atoms with Crippen molar-refractivity contribution in [3.63, 3.8) is 0 Å². The van der Waals surface area contributed by atoms with Gasteiger partial charge in [-0.2, -0.15) is 0 Å². The molecule has 0 saturated heterocycles. The number of ether oxygens (including phenoxy) is 1. The fourth-order valence-electron chi connectivity index (χ4n) is 1.71. The summed E-state index contributed by atoms with van der Waals surface area (Å²) < 4.78 is 30.7. The Morgan fingerprint density at radius 2 is 2.00 bits per heavy atom. The van der Waals surface area contributed by atoms with Crippen LogP contribution in [0.4, 0.5) is 0 Å². The van der Waals surface area contributed by atoms with Crippen molar-refractivity contribution in [2.75, 3.05) is 19.4 Å². The molecule has 6 heteroatoms. The smallest absolute Gasteiger partial charge is 0.208 e. The van der Waals surface area contributed by atoms with Crippen molar-refractivity contribution >= 4 is 21.6 Å². The van der Waals surface area contributed by atoms with Gasteiger partial charge in [0.25, 0.3) is 0 Å². The Hall–Kier alpha value is -0.620. The molecule has 0 heterocycles. The Morgan fingerprint density at radius 3 is 2.53 bits per heavy atom. The van der Waals surface area contributed by atoms with Crippen molar-refractivity contribution in [2.45, 2.75) is 18.9 Å². The minimum atomic E-state index is -3.21. The first-order chi connectivity index (χ1) is 8.94. The van der Waals surface area contributed by atoms with Gasteiger partial charge >= 0.3 is 0 Å². The van der Waals surface area contributed by atoms with Crippen molar-refractivity contribution in [2.24, 2.45) is 5.92 Å². The first kappa shape index (κ1) is 14.8. The van der Waals surface area contributed by atoms with Gasteiger partial charge in [-0.15, -0.1) is 0 Å². The van der Waals surface area contributed by atoms with E-state index in [1.807, 2.05) is 12.1 Å². The zero-order valence-corrected chi connectivity index (χ0v) is 12.4. The van der Waals surface area contributed by atoms with Gasteiger partial charge in [-0.05, 0) is 36.5 Å². The standard InChI is InChI=1S/C13H18ClNO3S/c1-19(16,17)15-8-13(18-9-10-2-3-10)11-4-6-12(14)7-5-11/h4-7,10,13,15H,2-3,8-9H2,1H3/t13-/m1/s1. The Bertz CT molecular complexity index is 511. The van der Waals surface area contributed by atoms with Gasteiger partial charge in [0, 0.05) is 11.6 Å². The topological polar surface area (TPSA) is 55.4 Å². The third-order valence-corrected chi connectivity index (χ3v) is 3.95. The molecule has 0 amide bonds. The highest BCUT2D eigenvalue weighted by atomic mass is 35.5. The fourth-order valence-corrected chi connectivity index (χ4v) is 2.29. The second-order valence-electron chi connectivity index (χ2n) is 4.94. The van der Waals surface area contributed by atoms with Crippen LogP contribution in [0.25, 0.3) is 0 Å². The summed E-state index contributed by atoms with van der Waals surface area (Å²) in [6.07, 6.45) is 3.28. The highest BCUT2D eigenvalue weighted by Gasteiger charge is 2.24. The maximum Gasteiger partial charge on any atom is 0.208 e. The predicted octanol–water partition coefficient (Wildman–Crippen LogP) is 2.36. The van der Waals surface area contributed by atoms with Crippen LogP contribution in [0, 0.1) is 5.92 Å². The lowest BCUT2D eigenvalue weighted by molar-refractivity contribution is 0.0487. The lowest BCUT2D eigenvalue weighted by Gasteiger charge is -2.18. The summed E-state index contributed by atoms with van der Waals surface area (Å²) in [5.74, 6) is 0.632. The average Bonchev–Trinajstić information content (AvgIpc) is 3.13. The highest BCUT2D eigenvalue weighted by Crippen LogP contribution is 2.31. The van der Waals surface area contributed by atoms with Crippen molar-refractivity contribution in [1.82, 2.24) is 4.72 Å². The van der Waals surface area contributed by atoms with Gasteiger partial charge in [0.15, 0.2) is 0 Å². The van der Waals surface area contributed by atoms with Crippen molar-refractivity contribution in [3.05, 3.63) is 34.9 Å². The van der Waals surface area contributed by atoms with E-state index in [4.69, 9.17) is 16.3 Å². The zero-order valence-electron chi connectivity index (χ0n) is 10.8. The normalized spacial score (nSPS) is 17.4. The number of rotatable bonds is 7. The highest BCUT2D eigenvalue weighted by molar-refractivity contribution is 7.88. The molecule has 1 atom stereocenters. The molecule has 0 bridgehead atoms. The van der Waals surface area contributed by atoms with Crippen LogP contribution < -0.4 is 4.72 Å². The van der Waals surface area contributed by atoms with Gasteiger partial charge in [-0.1, -0.05) is 23.7 Å². The second-order valence-corrected chi connectivity index (χ2v) is 7.21. The molecule has 19 heavy (non-hydrogen) atoms. The minimum absolute atomic E-state index is 0.243. The monoisotopic (exact) mass is 303 g/mol. The van der Waals surface area contributed by atoms with Crippen LogP contribution in [0.2, 0.25) is 5.02 Å². The Kier molecular flexibility index (Phi) is 4.84. The van der Waals surface area contributed by atoms with E-state index in [1.165, 1.54) is 12.8 Å². The van der Waals surface area contributed by atoms with E-state index in [0.29, 0.717) is 17.5 Å². The van der Waals surface area contributed by atoms with E-state index in [1.54, 1.807) is 12.1 Å². The molecule has 1 fully saturated rings. The first-order valence-electron chi connectivity index (χ1n) is 6.26. The molecular formula is C13H18ClNO3S. The molecule has 1 aliphatic carbocycles. The van der Waals surface area contributed by atoms with E-state index in [-0.39, 0.29) is 12.6 Å². The Morgan fingerprint density at radius 1 is 1.37 bits per heavy atom. The number of hydrogen-bond acceptors (Lipinski definition) is 3. The van der Waals surface area contributed by atoms with E-state index in [0.717, 1.165) is 11.8 Å². The maximum atomic E-state index is 11.2. The molecule has 0 aromatic heterocycles. The average molecular weight is 304 g/mol. The summed E-state index contributed by atoms with van der Waals surface area (Å²) in [4.78, 5) is 0. The van der Waals surface area contributed by atoms with Gasteiger partial charge < -0.3 is 4.74 Å². The van der Waals surface area contributed by atoms with E-state index >= 15 is 0 Å². The third kappa shape index (κ3) is 5.48. The lowest BCUT2D eigenvalue weighted by atomic mass is 10.1. The quantitative estimate of drug-likeness (QED) is 0.841. The molecule has 1 aliphatic rings. The van der Waals surface area contributed by atoms with Crippen LogP contribution >= 0.6 is 11.6 Å². The number of sulfonamides is 1. The number of nitrogens with one attached hydrogen (secondary N) is 1. The lowest BCUT2D eigenvalue weighted by Crippen LogP contribution is -2.28. The summed E-state index contributed by atoms with van der Waals surface area (Å²) >= 11 is 5.85. The predicted molar refractivity (Wildman–Crippen MR) is 75.7 cm³/mol. The largest absolute Gasteiger partial charge is 0.372 e. The molecular weight excluding hydrogens is 286 g/mol. The molecule has 2 rings (SSSR count). The van der Waals surface area contributed by atoms with Gasteiger partial charge in [0.05, 0.1) is 19.0 Å². The van der Waals surface area contributed by atoms with Crippen LogP contribution in [0.15, 0.2) is 24.3 Å². The van der Waals surface area contributed by atoms with E-state index < -0.39 is 10.0 Å². The number of hydrogen-bond donors (Lipinski definition) is 1. The van der Waals surface area contributed by atoms with Crippen LogP contribution in [0.3, 0.4) is 0 Å². The molecule has 1 aromatic carbocycles. The maximum absolute atomic E-state index is 11.2. The SMILES string of the molecule is CS(=O)(=O)NC[C@@H](OCC1CC1)c1ccc(Cl)cc1. The Balaban J connectivity index is 2.01. The summed E-state index contributed by atoms with van der Waals surface area (Å²) in [6, 6.07) is 7.29. The van der Waals surface area contributed by atoms with Crippen LogP contribution in [-0.2, 0) is 14.8 Å². The second kappa shape index (κ2) is 6.22. The molecule has 0 radical (unpaired) electrons. The van der Waals surface area contributed by atoms with Crippen molar-refractivity contribution in [3.8, 4) is 0 Å². The van der Waals surface area contributed by atoms with Crippen LogP contribution in [0.1, 0.15) is 24.5 Å². The molecule has 106 valence electrons. The van der Waals surface area contributed by atoms with Crippen molar-refractivity contribution in [1.29, 1.82) is 0 Å². The van der Waals surface area contributed by atoms with Crippen LogP contribution in [-0.4, -0.2) is 27.8 Å². The molecule has 1 aromatic rings. The number of halogens is 1. The van der Waals surface area contributed by atoms with Gasteiger partial charge in [0.2, 0.25) is 10.0 Å². The Labute approximate surface area is 119 Å². The molecule has 1 N–H and O–H groups in total. The van der Waals surface area contributed by atoms with Gasteiger partial charge in [-0.25, -0.2) is 13.1 Å². The molecule has 0 spiro atoms. The van der Waals surface area contributed by atoms with E-state index in [9.17, 15) is 8.42 Å². The summed E-state index contributed by atoms with van der Waals surface area (Å²) in [7, 11) is -3.21. The summed E-state index contributed by atoms with van der Waals surface area (Å²) in [6.45, 7) is 0.923. The summed E-state index contributed by atoms with van der Waals surface area (Å²) in [5, 5.41) is 0.653. The molecule has 1 saturated carbocycles. The first-order valence-corrected chi connectivity index (χ1v) is 8.53. The zero-order chi connectivity index (χ0) is 13.9. The fraction of sp³-hybridized carbons (Fsp3) is 0.538. The van der Waals surface area contributed by atoms with Gasteiger partial charge in [-0.3, -0.25) is 0 Å².